The molecule has 4 nitrogen and oxygen atoms in total. The van der Waals surface area contributed by atoms with Crippen LogP contribution in [0, 0.1) is 0 Å². The third-order valence-corrected chi connectivity index (χ3v) is 10.6. The lowest BCUT2D eigenvalue weighted by Gasteiger charge is -2.10. The third-order valence-electron chi connectivity index (χ3n) is 9.34. The minimum atomic E-state index is 0.571. The topological polar surface area (TPSA) is 51.8 Å². The molecule has 0 aliphatic heterocycles. The molecule has 0 spiro atoms. The van der Waals surface area contributed by atoms with Crippen molar-refractivity contribution in [3.63, 3.8) is 0 Å². The fourth-order valence-corrected chi connectivity index (χ4v) is 8.21. The Morgan fingerprint density at radius 2 is 0.980 bits per heavy atom. The van der Waals surface area contributed by atoms with E-state index in [9.17, 15) is 0 Å². The van der Waals surface area contributed by atoms with Gasteiger partial charge < -0.3 is 4.42 Å². The Kier molecular flexibility index (Phi) is 6.64. The van der Waals surface area contributed by atoms with Crippen molar-refractivity contribution in [1.82, 2.24) is 15.0 Å². The second-order valence-corrected chi connectivity index (χ2v) is 13.4. The Labute approximate surface area is 292 Å². The Balaban J connectivity index is 1.23. The fraction of sp³-hybridized carbons (Fsp3) is 0. The van der Waals surface area contributed by atoms with Crippen LogP contribution >= 0.6 is 11.3 Å². The van der Waals surface area contributed by atoms with E-state index >= 15 is 0 Å². The monoisotopic (exact) mass is 657 g/mol. The summed E-state index contributed by atoms with van der Waals surface area (Å²) in [6.07, 6.45) is 0. The fourth-order valence-electron chi connectivity index (χ4n) is 7.00. The van der Waals surface area contributed by atoms with E-state index in [4.69, 9.17) is 19.4 Å². The van der Waals surface area contributed by atoms with Crippen molar-refractivity contribution >= 4 is 53.4 Å². The molecule has 0 atom stereocenters. The average molecular weight is 658 g/mol. The van der Waals surface area contributed by atoms with Crippen LogP contribution in [0.2, 0.25) is 0 Å². The van der Waals surface area contributed by atoms with E-state index in [-0.39, 0.29) is 0 Å². The Bertz CT molecular complexity index is 2800. The molecule has 50 heavy (non-hydrogen) atoms. The van der Waals surface area contributed by atoms with Crippen molar-refractivity contribution in [3.05, 3.63) is 164 Å². The highest BCUT2D eigenvalue weighted by Crippen LogP contribution is 2.46. The molecule has 3 heterocycles. The van der Waals surface area contributed by atoms with Gasteiger partial charge in [0.25, 0.3) is 0 Å². The summed E-state index contributed by atoms with van der Waals surface area (Å²) in [5.41, 5.74) is 8.97. The van der Waals surface area contributed by atoms with Gasteiger partial charge in [0, 0.05) is 47.6 Å². The summed E-state index contributed by atoms with van der Waals surface area (Å²) in [7, 11) is 0. The van der Waals surface area contributed by atoms with Crippen LogP contribution in [0.5, 0.6) is 0 Å². The first-order valence-corrected chi connectivity index (χ1v) is 17.4. The average Bonchev–Trinajstić information content (AvgIpc) is 3.77. The first-order valence-electron chi connectivity index (χ1n) is 16.6. The van der Waals surface area contributed by atoms with E-state index in [2.05, 4.69) is 97.1 Å². The van der Waals surface area contributed by atoms with Crippen molar-refractivity contribution in [2.75, 3.05) is 0 Å². The van der Waals surface area contributed by atoms with Gasteiger partial charge in [-0.15, -0.1) is 11.3 Å². The number of rotatable bonds is 5. The van der Waals surface area contributed by atoms with Crippen LogP contribution in [0.25, 0.3) is 98.5 Å². The van der Waals surface area contributed by atoms with E-state index in [0.29, 0.717) is 17.5 Å². The molecule has 5 heteroatoms. The quantitative estimate of drug-likeness (QED) is 0.185. The van der Waals surface area contributed by atoms with Crippen LogP contribution < -0.4 is 0 Å². The van der Waals surface area contributed by atoms with E-state index in [0.717, 1.165) is 44.2 Å². The minimum absolute atomic E-state index is 0.571. The number of nitrogens with zero attached hydrogens (tertiary/aromatic N) is 3. The zero-order valence-electron chi connectivity index (χ0n) is 26.7. The highest BCUT2D eigenvalue weighted by molar-refractivity contribution is 7.26. The smallest absolute Gasteiger partial charge is 0.167 e. The molecule has 0 saturated carbocycles. The molecule has 10 aromatic rings. The van der Waals surface area contributed by atoms with Gasteiger partial charge in [-0.1, -0.05) is 133 Å². The minimum Gasteiger partial charge on any atom is -0.455 e. The summed E-state index contributed by atoms with van der Waals surface area (Å²) < 4.78 is 9.32. The van der Waals surface area contributed by atoms with E-state index < -0.39 is 0 Å². The number of hydrogen-bond donors (Lipinski definition) is 0. The Morgan fingerprint density at radius 3 is 1.70 bits per heavy atom. The van der Waals surface area contributed by atoms with Gasteiger partial charge in [-0.3, -0.25) is 0 Å². The molecule has 3 aromatic heterocycles. The zero-order chi connectivity index (χ0) is 33.0. The van der Waals surface area contributed by atoms with Crippen LogP contribution in [0.15, 0.2) is 168 Å². The van der Waals surface area contributed by atoms with Crippen molar-refractivity contribution < 1.29 is 4.42 Å². The molecular formula is C45H27N3OS. The molecule has 0 aliphatic rings. The first-order chi connectivity index (χ1) is 24.8. The summed E-state index contributed by atoms with van der Waals surface area (Å²) in [4.78, 5) is 15.0. The highest BCUT2D eigenvalue weighted by atomic mass is 32.1. The molecule has 0 radical (unpaired) electrons. The predicted octanol–water partition coefficient (Wildman–Crippen LogP) is 12.5. The molecule has 234 valence electrons. The van der Waals surface area contributed by atoms with Crippen LogP contribution in [0.3, 0.4) is 0 Å². The standard InChI is InChI=1S/C45H27N3OS/c1-4-14-28(15-5-1)31-26-36-32-20-10-11-25-39(32)50-42(36)37(27-31)33-21-13-24-38-40(33)34-22-12-23-35(41(34)49-38)45-47-43(29-16-6-2-7-17-29)46-44(48-45)30-18-8-3-9-19-30/h1-27H. The van der Waals surface area contributed by atoms with Gasteiger partial charge in [0.05, 0.1) is 5.56 Å². The van der Waals surface area contributed by atoms with Gasteiger partial charge in [-0.25, -0.2) is 15.0 Å². The number of benzene rings is 7. The van der Waals surface area contributed by atoms with Gasteiger partial charge in [0.1, 0.15) is 11.2 Å². The van der Waals surface area contributed by atoms with Gasteiger partial charge >= 0.3 is 0 Å². The van der Waals surface area contributed by atoms with E-state index in [1.165, 1.54) is 36.9 Å². The molecule has 10 rings (SSSR count). The third kappa shape index (κ3) is 4.71. The molecule has 0 N–H and O–H groups in total. The lowest BCUT2D eigenvalue weighted by molar-refractivity contribution is 0.669. The largest absolute Gasteiger partial charge is 0.455 e. The van der Waals surface area contributed by atoms with Gasteiger partial charge in [0.15, 0.2) is 17.5 Å². The number of aromatic nitrogens is 3. The van der Waals surface area contributed by atoms with Crippen LogP contribution in [0.1, 0.15) is 0 Å². The molecule has 0 aliphatic carbocycles. The van der Waals surface area contributed by atoms with Gasteiger partial charge in [-0.2, -0.15) is 0 Å². The Morgan fingerprint density at radius 1 is 0.400 bits per heavy atom. The second kappa shape index (κ2) is 11.6. The molecule has 0 saturated heterocycles. The number of para-hydroxylation sites is 1. The maximum Gasteiger partial charge on any atom is 0.167 e. The van der Waals surface area contributed by atoms with Gasteiger partial charge in [0.2, 0.25) is 0 Å². The summed E-state index contributed by atoms with van der Waals surface area (Å²) in [5.74, 6) is 1.81. The van der Waals surface area contributed by atoms with Crippen molar-refractivity contribution in [1.29, 1.82) is 0 Å². The summed E-state index contributed by atoms with van der Waals surface area (Å²) in [6.45, 7) is 0. The van der Waals surface area contributed by atoms with Crippen molar-refractivity contribution in [2.24, 2.45) is 0 Å². The second-order valence-electron chi connectivity index (χ2n) is 12.4. The predicted molar refractivity (Wildman–Crippen MR) is 207 cm³/mol. The van der Waals surface area contributed by atoms with Crippen LogP contribution in [-0.4, -0.2) is 15.0 Å². The first kappa shape index (κ1) is 28.6. The maximum absolute atomic E-state index is 6.78. The Hall–Kier alpha value is -6.43. The normalized spacial score (nSPS) is 11.6. The molecule has 0 bridgehead atoms. The highest BCUT2D eigenvalue weighted by Gasteiger charge is 2.21. The summed E-state index contributed by atoms with van der Waals surface area (Å²) >= 11 is 1.85. The number of fused-ring (bicyclic) bond motifs is 6. The molecule has 7 aromatic carbocycles. The SMILES string of the molecule is c1ccc(-c2cc(-c3cccc4oc5c(-c6nc(-c7ccccc7)nc(-c7ccccc7)n6)cccc5c34)c3sc4ccccc4c3c2)cc1. The molecule has 0 amide bonds. The summed E-state index contributed by atoms with van der Waals surface area (Å²) in [6, 6.07) is 56.8. The van der Waals surface area contributed by atoms with Crippen LogP contribution in [-0.2, 0) is 0 Å². The van der Waals surface area contributed by atoms with E-state index in [1.807, 2.05) is 78.1 Å². The maximum atomic E-state index is 6.78. The van der Waals surface area contributed by atoms with Gasteiger partial charge in [-0.05, 0) is 47.0 Å². The molecular weight excluding hydrogens is 631 g/mol. The lowest BCUT2D eigenvalue weighted by atomic mass is 9.93. The lowest BCUT2D eigenvalue weighted by Crippen LogP contribution is -2.00. The molecule has 0 fully saturated rings. The van der Waals surface area contributed by atoms with Crippen molar-refractivity contribution in [2.45, 2.75) is 0 Å². The van der Waals surface area contributed by atoms with Crippen molar-refractivity contribution in [3.8, 4) is 56.4 Å². The van der Waals surface area contributed by atoms with Crippen LogP contribution in [0.4, 0.5) is 0 Å². The number of thiophene rings is 1. The molecule has 0 unspecified atom stereocenters. The zero-order valence-corrected chi connectivity index (χ0v) is 27.6. The summed E-state index contributed by atoms with van der Waals surface area (Å²) in [5, 5.41) is 4.64. The number of furan rings is 1. The number of hydrogen-bond acceptors (Lipinski definition) is 5. The van der Waals surface area contributed by atoms with E-state index in [1.54, 1.807) is 0 Å².